The molecule has 0 spiro atoms. The second-order valence-electron chi connectivity index (χ2n) is 8.12. The van der Waals surface area contributed by atoms with Gasteiger partial charge in [-0.25, -0.2) is 0 Å². The van der Waals surface area contributed by atoms with E-state index >= 15 is 0 Å². The third kappa shape index (κ3) is 2.60. The molecule has 0 amide bonds. The van der Waals surface area contributed by atoms with E-state index < -0.39 is 24.4 Å². The van der Waals surface area contributed by atoms with E-state index in [1.54, 1.807) is 12.1 Å². The highest BCUT2D eigenvalue weighted by atomic mass is 16.7. The van der Waals surface area contributed by atoms with Crippen LogP contribution in [0.2, 0.25) is 0 Å². The number of benzene rings is 3. The van der Waals surface area contributed by atoms with E-state index in [2.05, 4.69) is 0 Å². The lowest BCUT2D eigenvalue weighted by atomic mass is 9.76. The minimum atomic E-state index is -0.555. The van der Waals surface area contributed by atoms with Gasteiger partial charge in [0, 0.05) is 10.8 Å². The fourth-order valence-electron chi connectivity index (χ4n) is 3.57. The molecule has 0 radical (unpaired) electrons. The van der Waals surface area contributed by atoms with E-state index in [4.69, 9.17) is 20.6 Å². The molecule has 5 rings (SSSR count). The van der Waals surface area contributed by atoms with Crippen LogP contribution in [0.1, 0.15) is 34.5 Å². The SMILES string of the molecule is [2H]c1c([2H])c([2H])c(-c2ccc3c(c2)oc2cccc(B4OC(C)(C)C(C)(C)O4)c23)c([2H])c1[2H]. The average Bonchev–Trinajstić information content (AvgIpc) is 3.23. The Kier molecular flexibility index (Phi) is 2.73. The van der Waals surface area contributed by atoms with Crippen molar-refractivity contribution in [3.8, 4) is 11.1 Å². The molecule has 1 fully saturated rings. The Morgan fingerprint density at radius 2 is 1.54 bits per heavy atom. The van der Waals surface area contributed by atoms with Gasteiger partial charge in [0.25, 0.3) is 0 Å². The molecule has 1 aromatic heterocycles. The molecule has 0 atom stereocenters. The summed E-state index contributed by atoms with van der Waals surface area (Å²) >= 11 is 0. The van der Waals surface area contributed by atoms with Crippen LogP contribution in [0.15, 0.2) is 71.0 Å². The first-order valence-electron chi connectivity index (χ1n) is 11.8. The Hall–Kier alpha value is -2.56. The Morgan fingerprint density at radius 3 is 2.25 bits per heavy atom. The van der Waals surface area contributed by atoms with Gasteiger partial charge in [-0.3, -0.25) is 0 Å². The first-order chi connectivity index (χ1) is 15.4. The predicted molar refractivity (Wildman–Crippen MR) is 115 cm³/mol. The summed E-state index contributed by atoms with van der Waals surface area (Å²) in [6.45, 7) is 8.03. The van der Waals surface area contributed by atoms with Gasteiger partial charge in [-0.1, -0.05) is 48.4 Å². The first-order valence-corrected chi connectivity index (χ1v) is 9.31. The molecule has 28 heavy (non-hydrogen) atoms. The fraction of sp³-hybridized carbons (Fsp3) is 0.250. The smallest absolute Gasteiger partial charge is 0.456 e. The van der Waals surface area contributed by atoms with Gasteiger partial charge in [0.1, 0.15) is 11.2 Å². The van der Waals surface area contributed by atoms with Crippen molar-refractivity contribution in [3.63, 3.8) is 0 Å². The molecular weight excluding hydrogens is 347 g/mol. The van der Waals surface area contributed by atoms with Crippen molar-refractivity contribution in [2.45, 2.75) is 38.9 Å². The van der Waals surface area contributed by atoms with E-state index in [1.165, 1.54) is 0 Å². The van der Waals surface area contributed by atoms with E-state index in [0.717, 1.165) is 16.2 Å². The molecule has 1 aliphatic heterocycles. The summed E-state index contributed by atoms with van der Waals surface area (Å²) in [5.74, 6) is 0. The van der Waals surface area contributed by atoms with Gasteiger partial charge < -0.3 is 13.7 Å². The minimum Gasteiger partial charge on any atom is -0.456 e. The second-order valence-corrected chi connectivity index (χ2v) is 8.12. The lowest BCUT2D eigenvalue weighted by Crippen LogP contribution is -2.41. The summed E-state index contributed by atoms with van der Waals surface area (Å²) in [5, 5.41) is 1.71. The van der Waals surface area contributed by atoms with Crippen molar-refractivity contribution >= 4 is 34.5 Å². The van der Waals surface area contributed by atoms with E-state index in [9.17, 15) is 0 Å². The lowest BCUT2D eigenvalue weighted by molar-refractivity contribution is 0.00578. The third-order valence-electron chi connectivity index (χ3n) is 5.83. The average molecular weight is 375 g/mol. The molecule has 4 heteroatoms. The normalized spacial score (nSPS) is 20.7. The first kappa shape index (κ1) is 12.8. The predicted octanol–water partition coefficient (Wildman–Crippen LogP) is 5.55. The van der Waals surface area contributed by atoms with Gasteiger partial charge in [-0.2, -0.15) is 0 Å². The number of hydrogen-bond acceptors (Lipinski definition) is 3. The van der Waals surface area contributed by atoms with Gasteiger partial charge >= 0.3 is 7.12 Å². The van der Waals surface area contributed by atoms with Gasteiger partial charge in [0.15, 0.2) is 0 Å². The quantitative estimate of drug-likeness (QED) is 0.431. The Morgan fingerprint density at radius 1 is 0.821 bits per heavy atom. The summed E-state index contributed by atoms with van der Waals surface area (Å²) in [6.07, 6.45) is 0. The van der Waals surface area contributed by atoms with Crippen LogP contribution < -0.4 is 5.46 Å². The standard InChI is InChI=1S/C24H23BO3/c1-23(2)24(3,4)28-25(27-23)19-11-8-12-20-22(19)18-14-13-17(15-21(18)26-20)16-9-6-5-7-10-16/h5-15H,1-4H3/i5D,6D,7D,9D,10D. The second kappa shape index (κ2) is 5.97. The highest BCUT2D eigenvalue weighted by Crippen LogP contribution is 2.38. The number of fused-ring (bicyclic) bond motifs is 3. The van der Waals surface area contributed by atoms with Gasteiger partial charge in [0.05, 0.1) is 18.1 Å². The Balaban J connectivity index is 1.69. The van der Waals surface area contributed by atoms with E-state index in [0.29, 0.717) is 16.7 Å². The van der Waals surface area contributed by atoms with Crippen LogP contribution in [0, 0.1) is 0 Å². The van der Waals surface area contributed by atoms with Gasteiger partial charge in [-0.05, 0) is 62.5 Å². The third-order valence-corrected chi connectivity index (χ3v) is 5.83. The number of furan rings is 1. The Bertz CT molecular complexity index is 1400. The molecule has 3 aromatic carbocycles. The Labute approximate surface area is 172 Å². The van der Waals surface area contributed by atoms with Crippen LogP contribution in [0.5, 0.6) is 0 Å². The van der Waals surface area contributed by atoms with Crippen LogP contribution >= 0.6 is 0 Å². The summed E-state index contributed by atoms with van der Waals surface area (Å²) in [6, 6.07) is 9.43. The van der Waals surface area contributed by atoms with Gasteiger partial charge in [0.2, 0.25) is 0 Å². The fourth-order valence-corrected chi connectivity index (χ4v) is 3.57. The molecule has 0 unspecified atom stereocenters. The molecule has 0 bridgehead atoms. The summed E-state index contributed by atoms with van der Waals surface area (Å²) in [7, 11) is -0.555. The zero-order valence-electron chi connectivity index (χ0n) is 21.3. The van der Waals surface area contributed by atoms with E-state index in [-0.39, 0.29) is 29.7 Å². The van der Waals surface area contributed by atoms with Crippen molar-refractivity contribution in [2.24, 2.45) is 0 Å². The van der Waals surface area contributed by atoms with Gasteiger partial charge in [-0.15, -0.1) is 0 Å². The van der Waals surface area contributed by atoms with Crippen molar-refractivity contribution < 1.29 is 20.6 Å². The molecule has 3 nitrogen and oxygen atoms in total. The maximum Gasteiger partial charge on any atom is 0.495 e. The molecule has 2 heterocycles. The van der Waals surface area contributed by atoms with Crippen LogP contribution in [-0.2, 0) is 9.31 Å². The maximum atomic E-state index is 8.27. The summed E-state index contributed by atoms with van der Waals surface area (Å²) < 4.78 is 59.0. The zero-order valence-corrected chi connectivity index (χ0v) is 16.3. The topological polar surface area (TPSA) is 31.6 Å². The molecule has 0 saturated carbocycles. The van der Waals surface area contributed by atoms with Crippen molar-refractivity contribution in [1.82, 2.24) is 0 Å². The van der Waals surface area contributed by atoms with Crippen molar-refractivity contribution in [3.05, 3.63) is 66.6 Å². The number of rotatable bonds is 2. The maximum absolute atomic E-state index is 8.27. The van der Waals surface area contributed by atoms with Crippen LogP contribution in [-0.4, -0.2) is 18.3 Å². The van der Waals surface area contributed by atoms with Crippen molar-refractivity contribution in [2.75, 3.05) is 0 Å². The van der Waals surface area contributed by atoms with Crippen LogP contribution in [0.25, 0.3) is 33.1 Å². The zero-order chi connectivity index (χ0) is 23.9. The largest absolute Gasteiger partial charge is 0.495 e. The highest BCUT2D eigenvalue weighted by Gasteiger charge is 2.52. The monoisotopic (exact) mass is 375 g/mol. The molecule has 4 aromatic rings. The van der Waals surface area contributed by atoms with E-state index in [1.807, 2.05) is 52.0 Å². The highest BCUT2D eigenvalue weighted by molar-refractivity contribution is 6.66. The summed E-state index contributed by atoms with van der Waals surface area (Å²) in [5.41, 5.74) is 1.76. The van der Waals surface area contributed by atoms with Crippen molar-refractivity contribution in [1.29, 1.82) is 0 Å². The molecule has 140 valence electrons. The van der Waals surface area contributed by atoms with Crippen LogP contribution in [0.3, 0.4) is 0 Å². The molecule has 0 N–H and O–H groups in total. The lowest BCUT2D eigenvalue weighted by Gasteiger charge is -2.32. The number of hydrogen-bond donors (Lipinski definition) is 0. The minimum absolute atomic E-state index is 0.148. The molecule has 0 aliphatic carbocycles. The molecule has 1 saturated heterocycles. The molecule has 1 aliphatic rings. The summed E-state index contributed by atoms with van der Waals surface area (Å²) in [4.78, 5) is 0. The van der Waals surface area contributed by atoms with Crippen LogP contribution in [0.4, 0.5) is 0 Å². The molecular formula is C24H23BO3.